The van der Waals surface area contributed by atoms with Gasteiger partial charge in [0.25, 0.3) is 0 Å². The number of allylic oxidation sites excluding steroid dienone is 1. The van der Waals surface area contributed by atoms with E-state index in [2.05, 4.69) is 0 Å². The summed E-state index contributed by atoms with van der Waals surface area (Å²) in [6.45, 7) is 0. The normalized spacial score (nSPS) is 11.5. The maximum absolute atomic E-state index is 5.60. The van der Waals surface area contributed by atoms with Crippen molar-refractivity contribution in [2.75, 3.05) is 20.1 Å². The molecule has 0 heterocycles. The van der Waals surface area contributed by atoms with E-state index in [0.717, 1.165) is 11.1 Å². The van der Waals surface area contributed by atoms with E-state index in [9.17, 15) is 0 Å². The van der Waals surface area contributed by atoms with Crippen LogP contribution in [0.5, 0.6) is 0 Å². The molecule has 0 N–H and O–H groups in total. The largest absolute Gasteiger partial charge is 0.352 e. The van der Waals surface area contributed by atoms with Crippen LogP contribution in [0.2, 0.25) is 0 Å². The summed E-state index contributed by atoms with van der Waals surface area (Å²) in [5.74, 6) is 0.499. The van der Waals surface area contributed by atoms with Gasteiger partial charge in [0.1, 0.15) is 0 Å². The number of hydrogen-bond acceptors (Lipinski definition) is 2. The van der Waals surface area contributed by atoms with E-state index in [-0.39, 0.29) is 6.29 Å². The fourth-order valence-corrected chi connectivity index (χ4v) is 1.49. The molecular formula is C12H15ClO2. The number of alkyl halides is 1. The number of methoxy groups -OCH3 is 2. The molecule has 0 saturated heterocycles. The first-order valence-electron chi connectivity index (χ1n) is 4.70. The number of rotatable bonds is 5. The van der Waals surface area contributed by atoms with Crippen LogP contribution < -0.4 is 0 Å². The van der Waals surface area contributed by atoms with E-state index >= 15 is 0 Å². The van der Waals surface area contributed by atoms with Crippen LogP contribution in [0.1, 0.15) is 17.4 Å². The molecule has 3 heteroatoms. The lowest BCUT2D eigenvalue weighted by molar-refractivity contribution is -0.106. The average Bonchev–Trinajstić information content (AvgIpc) is 2.29. The third kappa shape index (κ3) is 3.34. The predicted octanol–water partition coefficient (Wildman–Crippen LogP) is 3.23. The standard InChI is InChI=1S/C12H15ClO2/c1-14-12(15-2)11-8-4-3-6-10(11)7-5-9-13/h3-8,12H,9H2,1-2H3. The second-order valence-corrected chi connectivity index (χ2v) is 3.30. The van der Waals surface area contributed by atoms with Crippen molar-refractivity contribution in [3.63, 3.8) is 0 Å². The molecular weight excluding hydrogens is 212 g/mol. The zero-order chi connectivity index (χ0) is 11.1. The summed E-state index contributed by atoms with van der Waals surface area (Å²) < 4.78 is 10.4. The van der Waals surface area contributed by atoms with Gasteiger partial charge in [-0.2, -0.15) is 0 Å². The zero-order valence-corrected chi connectivity index (χ0v) is 9.70. The second-order valence-electron chi connectivity index (χ2n) is 2.99. The number of halogens is 1. The van der Waals surface area contributed by atoms with Crippen LogP contribution in [0.4, 0.5) is 0 Å². The van der Waals surface area contributed by atoms with Crippen LogP contribution in [-0.4, -0.2) is 20.1 Å². The molecule has 0 atom stereocenters. The van der Waals surface area contributed by atoms with Gasteiger partial charge in [0.15, 0.2) is 6.29 Å². The summed E-state index contributed by atoms with van der Waals surface area (Å²) in [6.07, 6.45) is 3.53. The molecule has 0 unspecified atom stereocenters. The highest BCUT2D eigenvalue weighted by Crippen LogP contribution is 2.22. The van der Waals surface area contributed by atoms with Crippen molar-refractivity contribution in [2.24, 2.45) is 0 Å². The molecule has 2 nitrogen and oxygen atoms in total. The molecule has 0 aliphatic rings. The first-order chi connectivity index (χ1) is 7.33. The highest BCUT2D eigenvalue weighted by Gasteiger charge is 2.11. The van der Waals surface area contributed by atoms with Gasteiger partial charge in [-0.3, -0.25) is 0 Å². The Bertz CT molecular complexity index is 319. The highest BCUT2D eigenvalue weighted by molar-refractivity contribution is 6.19. The molecule has 82 valence electrons. The van der Waals surface area contributed by atoms with Gasteiger partial charge in [0.05, 0.1) is 0 Å². The Morgan fingerprint density at radius 3 is 2.53 bits per heavy atom. The molecule has 1 aromatic rings. The van der Waals surface area contributed by atoms with Crippen LogP contribution >= 0.6 is 11.6 Å². The molecule has 0 radical (unpaired) electrons. The molecule has 0 spiro atoms. The van der Waals surface area contributed by atoms with Crippen molar-refractivity contribution < 1.29 is 9.47 Å². The maximum atomic E-state index is 5.60. The van der Waals surface area contributed by atoms with Gasteiger partial charge in [-0.1, -0.05) is 36.4 Å². The zero-order valence-electron chi connectivity index (χ0n) is 8.94. The second kappa shape index (κ2) is 6.62. The van der Waals surface area contributed by atoms with Crippen molar-refractivity contribution in [1.82, 2.24) is 0 Å². The molecule has 0 fully saturated rings. The van der Waals surface area contributed by atoms with Crippen molar-refractivity contribution in [3.05, 3.63) is 41.5 Å². The van der Waals surface area contributed by atoms with Gasteiger partial charge in [-0.25, -0.2) is 0 Å². The molecule has 0 aliphatic carbocycles. The smallest absolute Gasteiger partial charge is 0.183 e. The fourth-order valence-electron chi connectivity index (χ4n) is 1.40. The summed E-state index contributed by atoms with van der Waals surface area (Å²) in [7, 11) is 3.24. The lowest BCUT2D eigenvalue weighted by atomic mass is 10.1. The molecule has 0 aromatic heterocycles. The summed E-state index contributed by atoms with van der Waals surface area (Å²) in [4.78, 5) is 0. The lowest BCUT2D eigenvalue weighted by Gasteiger charge is -2.15. The highest BCUT2D eigenvalue weighted by atomic mass is 35.5. The topological polar surface area (TPSA) is 18.5 Å². The van der Waals surface area contributed by atoms with Crippen molar-refractivity contribution in [3.8, 4) is 0 Å². The molecule has 15 heavy (non-hydrogen) atoms. The Labute approximate surface area is 95.5 Å². The van der Waals surface area contributed by atoms with Crippen molar-refractivity contribution in [1.29, 1.82) is 0 Å². The van der Waals surface area contributed by atoms with E-state index in [1.165, 1.54) is 0 Å². The van der Waals surface area contributed by atoms with Gasteiger partial charge in [-0.05, 0) is 5.56 Å². The maximum Gasteiger partial charge on any atom is 0.183 e. The number of ether oxygens (including phenoxy) is 2. The van der Waals surface area contributed by atoms with Crippen molar-refractivity contribution >= 4 is 17.7 Å². The molecule has 0 amide bonds. The minimum atomic E-state index is -0.332. The first kappa shape index (κ1) is 12.2. The molecule has 0 aliphatic heterocycles. The van der Waals surface area contributed by atoms with E-state index < -0.39 is 0 Å². The molecule has 1 rings (SSSR count). The summed E-state index contributed by atoms with van der Waals surface area (Å²) in [5.41, 5.74) is 2.07. The predicted molar refractivity (Wildman–Crippen MR) is 63.0 cm³/mol. The van der Waals surface area contributed by atoms with Gasteiger partial charge in [-0.15, -0.1) is 11.6 Å². The Balaban J connectivity index is 2.99. The van der Waals surface area contributed by atoms with Gasteiger partial charge in [0.2, 0.25) is 0 Å². The number of hydrogen-bond donors (Lipinski definition) is 0. The van der Waals surface area contributed by atoms with Crippen LogP contribution in [0.25, 0.3) is 6.08 Å². The van der Waals surface area contributed by atoms with Gasteiger partial charge < -0.3 is 9.47 Å². The summed E-state index contributed by atoms with van der Waals surface area (Å²) in [6, 6.07) is 7.91. The van der Waals surface area contributed by atoms with Crippen LogP contribution in [0, 0.1) is 0 Å². The quantitative estimate of drug-likeness (QED) is 0.567. The molecule has 0 saturated carbocycles. The molecule has 0 bridgehead atoms. The third-order valence-electron chi connectivity index (χ3n) is 2.06. The minimum absolute atomic E-state index is 0.332. The van der Waals surface area contributed by atoms with Crippen LogP contribution in [0.15, 0.2) is 30.3 Å². The van der Waals surface area contributed by atoms with Crippen LogP contribution in [-0.2, 0) is 9.47 Å². The van der Waals surface area contributed by atoms with Gasteiger partial charge in [0, 0.05) is 25.7 Å². The first-order valence-corrected chi connectivity index (χ1v) is 5.24. The third-order valence-corrected chi connectivity index (χ3v) is 2.24. The van der Waals surface area contributed by atoms with E-state index in [4.69, 9.17) is 21.1 Å². The van der Waals surface area contributed by atoms with E-state index in [1.54, 1.807) is 14.2 Å². The Morgan fingerprint density at radius 2 is 1.93 bits per heavy atom. The van der Waals surface area contributed by atoms with E-state index in [1.807, 2.05) is 36.4 Å². The van der Waals surface area contributed by atoms with Gasteiger partial charge >= 0.3 is 0 Å². The Hall–Kier alpha value is -0.830. The molecule has 1 aromatic carbocycles. The van der Waals surface area contributed by atoms with E-state index in [0.29, 0.717) is 5.88 Å². The Kier molecular flexibility index (Phi) is 5.40. The minimum Gasteiger partial charge on any atom is -0.352 e. The monoisotopic (exact) mass is 226 g/mol. The van der Waals surface area contributed by atoms with Crippen LogP contribution in [0.3, 0.4) is 0 Å². The fraction of sp³-hybridized carbons (Fsp3) is 0.333. The number of benzene rings is 1. The average molecular weight is 227 g/mol. The van der Waals surface area contributed by atoms with Crippen molar-refractivity contribution in [2.45, 2.75) is 6.29 Å². The SMILES string of the molecule is COC(OC)c1ccccc1C=CCCl. The summed E-state index contributed by atoms with van der Waals surface area (Å²) in [5, 5.41) is 0. The summed E-state index contributed by atoms with van der Waals surface area (Å²) >= 11 is 5.60. The lowest BCUT2D eigenvalue weighted by Crippen LogP contribution is -2.05. The Morgan fingerprint density at radius 1 is 1.27 bits per heavy atom.